The molecule has 5 rings (SSSR count). The number of rotatable bonds is 5. The smallest absolute Gasteiger partial charge is 0.277 e. The lowest BCUT2D eigenvalue weighted by atomic mass is 9.93. The van der Waals surface area contributed by atoms with Crippen LogP contribution >= 0.6 is 0 Å². The van der Waals surface area contributed by atoms with Gasteiger partial charge >= 0.3 is 0 Å². The second-order valence-corrected chi connectivity index (χ2v) is 9.37. The van der Waals surface area contributed by atoms with Crippen molar-refractivity contribution in [3.05, 3.63) is 107 Å². The Morgan fingerprint density at radius 1 is 0.943 bits per heavy atom. The van der Waals surface area contributed by atoms with Crippen LogP contribution in [0.5, 0.6) is 0 Å². The molecule has 0 saturated carbocycles. The number of nitrogens with zero attached hydrogens (tertiary/aromatic N) is 3. The van der Waals surface area contributed by atoms with Gasteiger partial charge in [-0.05, 0) is 55.7 Å². The first-order chi connectivity index (χ1) is 16.8. The Morgan fingerprint density at radius 3 is 2.23 bits per heavy atom. The predicted octanol–water partition coefficient (Wildman–Crippen LogP) is 4.90. The van der Waals surface area contributed by atoms with Crippen molar-refractivity contribution in [2.75, 3.05) is 4.90 Å². The molecule has 6 nitrogen and oxygen atoms in total. The van der Waals surface area contributed by atoms with Crippen LogP contribution in [-0.2, 0) is 17.9 Å². The largest absolute Gasteiger partial charge is 0.350 e. The fourth-order valence-corrected chi connectivity index (χ4v) is 4.78. The fourth-order valence-electron chi connectivity index (χ4n) is 4.78. The summed E-state index contributed by atoms with van der Waals surface area (Å²) in [5.74, 6) is -0.468. The number of benzene rings is 3. The van der Waals surface area contributed by atoms with Gasteiger partial charge in [0, 0.05) is 17.8 Å². The van der Waals surface area contributed by atoms with E-state index in [1.54, 1.807) is 9.58 Å². The zero-order chi connectivity index (χ0) is 24.6. The molecule has 1 N–H and O–H groups in total. The first-order valence-corrected chi connectivity index (χ1v) is 11.7. The topological polar surface area (TPSA) is 67.2 Å². The molecule has 0 fully saturated rings. The van der Waals surface area contributed by atoms with Crippen molar-refractivity contribution in [1.29, 1.82) is 0 Å². The van der Waals surface area contributed by atoms with Gasteiger partial charge in [-0.1, -0.05) is 66.7 Å². The van der Waals surface area contributed by atoms with Gasteiger partial charge < -0.3 is 5.32 Å². The van der Waals surface area contributed by atoms with Crippen LogP contribution in [0.4, 0.5) is 5.69 Å². The van der Waals surface area contributed by atoms with Crippen molar-refractivity contribution >= 4 is 17.5 Å². The Bertz CT molecular complexity index is 1370. The van der Waals surface area contributed by atoms with E-state index in [1.807, 2.05) is 99.6 Å². The monoisotopic (exact) mass is 464 g/mol. The molecular formula is C29H28N4O2. The zero-order valence-electron chi connectivity index (χ0n) is 20.2. The first-order valence-electron chi connectivity index (χ1n) is 11.7. The van der Waals surface area contributed by atoms with Gasteiger partial charge in [0.25, 0.3) is 5.91 Å². The summed E-state index contributed by atoms with van der Waals surface area (Å²) in [6.07, 6.45) is 0. The third-order valence-corrected chi connectivity index (χ3v) is 6.47. The lowest BCUT2D eigenvalue weighted by Gasteiger charge is -2.43. The van der Waals surface area contributed by atoms with Crippen LogP contribution in [0.1, 0.15) is 34.1 Å². The first kappa shape index (κ1) is 22.6. The number of hydrogen-bond acceptors (Lipinski definition) is 3. The molecule has 0 bridgehead atoms. The number of aryl methyl sites for hydroxylation is 2. The number of aromatic nitrogens is 2. The Kier molecular flexibility index (Phi) is 5.73. The quantitative estimate of drug-likeness (QED) is 0.457. The number of anilines is 1. The highest BCUT2D eigenvalue weighted by molar-refractivity contribution is 6.12. The Morgan fingerprint density at radius 2 is 1.57 bits per heavy atom. The van der Waals surface area contributed by atoms with Crippen LogP contribution < -0.4 is 10.2 Å². The van der Waals surface area contributed by atoms with E-state index in [2.05, 4.69) is 11.4 Å². The molecule has 0 spiro atoms. The van der Waals surface area contributed by atoms with Crippen LogP contribution in [0.3, 0.4) is 0 Å². The minimum Gasteiger partial charge on any atom is -0.350 e. The van der Waals surface area contributed by atoms with Gasteiger partial charge in [-0.25, -0.2) is 0 Å². The van der Waals surface area contributed by atoms with E-state index in [0.717, 1.165) is 22.3 Å². The molecule has 1 aliphatic heterocycles. The molecule has 0 saturated heterocycles. The van der Waals surface area contributed by atoms with Crippen molar-refractivity contribution < 1.29 is 9.59 Å². The van der Waals surface area contributed by atoms with E-state index in [1.165, 1.54) is 0 Å². The second-order valence-electron chi connectivity index (χ2n) is 9.37. The molecule has 1 aliphatic rings. The summed E-state index contributed by atoms with van der Waals surface area (Å²) in [5, 5.41) is 7.77. The summed E-state index contributed by atoms with van der Waals surface area (Å²) in [4.78, 5) is 29.3. The molecule has 2 amide bonds. The standard InChI is InChI=1S/C29H28N4O2/c1-20-14-21(2)16-24(15-20)33-27(34)26-17-25(23-12-8-5-9-13-23)31-32(26)19-29(33,3)28(35)30-18-22-10-6-4-7-11-22/h4-17H,18-19H2,1-3H3,(H,30,35)/t29-/m0/s1. The summed E-state index contributed by atoms with van der Waals surface area (Å²) in [5.41, 5.74) is 4.70. The molecule has 35 heavy (non-hydrogen) atoms. The number of hydrogen-bond donors (Lipinski definition) is 1. The Labute approximate surface area is 205 Å². The maximum Gasteiger partial charge on any atom is 0.277 e. The van der Waals surface area contributed by atoms with Crippen molar-refractivity contribution in [3.8, 4) is 11.3 Å². The van der Waals surface area contributed by atoms with E-state index in [4.69, 9.17) is 5.10 Å². The van der Waals surface area contributed by atoms with Crippen LogP contribution in [0, 0.1) is 13.8 Å². The highest BCUT2D eigenvalue weighted by atomic mass is 16.2. The van der Waals surface area contributed by atoms with Crippen LogP contribution in [0.15, 0.2) is 84.9 Å². The molecule has 0 radical (unpaired) electrons. The number of carbonyl (C=O) groups is 2. The average Bonchev–Trinajstić information content (AvgIpc) is 3.27. The van der Waals surface area contributed by atoms with Crippen LogP contribution in [0.25, 0.3) is 11.3 Å². The van der Waals surface area contributed by atoms with Crippen molar-refractivity contribution in [2.24, 2.45) is 0 Å². The van der Waals surface area contributed by atoms with E-state index in [9.17, 15) is 9.59 Å². The lowest BCUT2D eigenvalue weighted by Crippen LogP contribution is -2.64. The molecule has 176 valence electrons. The van der Waals surface area contributed by atoms with Gasteiger partial charge in [-0.15, -0.1) is 0 Å². The summed E-state index contributed by atoms with van der Waals surface area (Å²) in [6, 6.07) is 27.3. The van der Waals surface area contributed by atoms with Gasteiger partial charge in [-0.2, -0.15) is 5.10 Å². The number of nitrogens with one attached hydrogen (secondary N) is 1. The van der Waals surface area contributed by atoms with E-state index >= 15 is 0 Å². The van der Waals surface area contributed by atoms with Gasteiger partial charge in [-0.3, -0.25) is 19.2 Å². The summed E-state index contributed by atoms with van der Waals surface area (Å²) >= 11 is 0. The number of amides is 2. The highest BCUT2D eigenvalue weighted by Crippen LogP contribution is 2.35. The van der Waals surface area contributed by atoms with Gasteiger partial charge in [0.05, 0.1) is 12.2 Å². The Balaban J connectivity index is 1.57. The van der Waals surface area contributed by atoms with Crippen molar-refractivity contribution in [3.63, 3.8) is 0 Å². The third kappa shape index (κ3) is 4.23. The predicted molar refractivity (Wildman–Crippen MR) is 137 cm³/mol. The van der Waals surface area contributed by atoms with Crippen molar-refractivity contribution in [1.82, 2.24) is 15.1 Å². The minimum atomic E-state index is -1.17. The average molecular weight is 465 g/mol. The maximum atomic E-state index is 14.0. The molecule has 6 heteroatoms. The normalized spacial score (nSPS) is 17.2. The third-order valence-electron chi connectivity index (χ3n) is 6.47. The Hall–Kier alpha value is -4.19. The summed E-state index contributed by atoms with van der Waals surface area (Å²) in [7, 11) is 0. The number of carbonyl (C=O) groups excluding carboxylic acids is 2. The number of fused-ring (bicyclic) bond motifs is 1. The van der Waals surface area contributed by atoms with Gasteiger partial charge in [0.15, 0.2) is 0 Å². The molecule has 0 aliphatic carbocycles. The fraction of sp³-hybridized carbons (Fsp3) is 0.207. The molecular weight excluding hydrogens is 436 g/mol. The summed E-state index contributed by atoms with van der Waals surface area (Å²) < 4.78 is 1.67. The molecule has 0 unspecified atom stereocenters. The molecule has 1 atom stereocenters. The minimum absolute atomic E-state index is 0.226. The highest BCUT2D eigenvalue weighted by Gasteiger charge is 2.49. The maximum absolute atomic E-state index is 14.0. The lowest BCUT2D eigenvalue weighted by molar-refractivity contribution is -0.126. The van der Waals surface area contributed by atoms with E-state index in [-0.39, 0.29) is 18.4 Å². The van der Waals surface area contributed by atoms with Gasteiger partial charge in [0.2, 0.25) is 5.91 Å². The molecule has 2 heterocycles. The van der Waals surface area contributed by atoms with E-state index in [0.29, 0.717) is 23.6 Å². The molecule has 1 aromatic heterocycles. The zero-order valence-corrected chi connectivity index (χ0v) is 20.2. The van der Waals surface area contributed by atoms with Crippen LogP contribution in [0.2, 0.25) is 0 Å². The van der Waals surface area contributed by atoms with Crippen LogP contribution in [-0.4, -0.2) is 27.1 Å². The summed E-state index contributed by atoms with van der Waals surface area (Å²) in [6.45, 7) is 6.43. The second kappa shape index (κ2) is 8.87. The van der Waals surface area contributed by atoms with Gasteiger partial charge in [0.1, 0.15) is 11.2 Å². The molecule has 3 aromatic carbocycles. The molecule has 4 aromatic rings. The van der Waals surface area contributed by atoms with E-state index < -0.39 is 5.54 Å². The SMILES string of the molecule is Cc1cc(C)cc(N2C(=O)c3cc(-c4ccccc4)nn3C[C@@]2(C)C(=O)NCc2ccccc2)c1. The van der Waals surface area contributed by atoms with Crippen molar-refractivity contribution in [2.45, 2.75) is 39.4 Å².